The van der Waals surface area contributed by atoms with Crippen LogP contribution in [0.1, 0.15) is 19.3 Å². The molecular weight excluding hydrogens is 228 g/mol. The molecule has 3 unspecified atom stereocenters. The van der Waals surface area contributed by atoms with Gasteiger partial charge >= 0.3 is 11.9 Å². The second-order valence-electron chi connectivity index (χ2n) is 4.31. The Kier molecular flexibility index (Phi) is 3.35. The highest BCUT2D eigenvalue weighted by Gasteiger charge is 2.61. The SMILES string of the molecule is COC(=O)C1(C2CCCO2)OCCC1C(=O)O. The van der Waals surface area contributed by atoms with E-state index >= 15 is 0 Å². The fourth-order valence-corrected chi connectivity index (χ4v) is 2.69. The van der Waals surface area contributed by atoms with Crippen LogP contribution >= 0.6 is 0 Å². The predicted octanol–water partition coefficient (Wildman–Crippen LogP) is 0.198. The van der Waals surface area contributed by atoms with Gasteiger partial charge < -0.3 is 19.3 Å². The summed E-state index contributed by atoms with van der Waals surface area (Å²) in [7, 11) is 1.24. The van der Waals surface area contributed by atoms with Gasteiger partial charge in [0.15, 0.2) is 0 Å². The van der Waals surface area contributed by atoms with Gasteiger partial charge in [0, 0.05) is 13.2 Å². The van der Waals surface area contributed by atoms with Crippen LogP contribution in [0, 0.1) is 5.92 Å². The number of ether oxygens (including phenoxy) is 3. The van der Waals surface area contributed by atoms with E-state index in [0.29, 0.717) is 19.4 Å². The third-order valence-corrected chi connectivity index (χ3v) is 3.48. The first-order valence-corrected chi connectivity index (χ1v) is 5.69. The lowest BCUT2D eigenvalue weighted by atomic mass is 9.81. The smallest absolute Gasteiger partial charge is 0.341 e. The summed E-state index contributed by atoms with van der Waals surface area (Å²) in [5, 5.41) is 9.21. The topological polar surface area (TPSA) is 82.1 Å². The van der Waals surface area contributed by atoms with Crippen LogP contribution in [0.25, 0.3) is 0 Å². The molecule has 3 atom stereocenters. The van der Waals surface area contributed by atoms with Gasteiger partial charge in [-0.05, 0) is 19.3 Å². The van der Waals surface area contributed by atoms with Gasteiger partial charge in [-0.2, -0.15) is 0 Å². The lowest BCUT2D eigenvalue weighted by Gasteiger charge is -2.33. The Morgan fingerprint density at radius 3 is 2.65 bits per heavy atom. The molecule has 0 radical (unpaired) electrons. The van der Waals surface area contributed by atoms with E-state index in [4.69, 9.17) is 14.2 Å². The molecule has 0 amide bonds. The molecule has 2 aliphatic heterocycles. The van der Waals surface area contributed by atoms with Gasteiger partial charge in [0.2, 0.25) is 5.60 Å². The number of carboxylic acid groups (broad SMARTS) is 1. The minimum atomic E-state index is -1.46. The van der Waals surface area contributed by atoms with Gasteiger partial charge in [0.1, 0.15) is 5.92 Å². The molecule has 0 aromatic carbocycles. The molecule has 0 saturated carbocycles. The van der Waals surface area contributed by atoms with Crippen LogP contribution in [0.2, 0.25) is 0 Å². The van der Waals surface area contributed by atoms with Crippen molar-refractivity contribution in [3.05, 3.63) is 0 Å². The summed E-state index contributed by atoms with van der Waals surface area (Å²) < 4.78 is 15.6. The summed E-state index contributed by atoms with van der Waals surface area (Å²) in [5.41, 5.74) is -1.46. The standard InChI is InChI=1S/C11H16O6/c1-15-10(14)11(8-3-2-5-16-8)7(9(12)13)4-6-17-11/h7-8H,2-6H2,1H3,(H,12,13). The molecule has 0 bridgehead atoms. The summed E-state index contributed by atoms with van der Waals surface area (Å²) in [5.74, 6) is -2.57. The van der Waals surface area contributed by atoms with Crippen LogP contribution in [0.4, 0.5) is 0 Å². The Bertz CT molecular complexity index is 322. The summed E-state index contributed by atoms with van der Waals surface area (Å²) in [6.07, 6.45) is 1.22. The second kappa shape index (κ2) is 4.62. The molecule has 6 heteroatoms. The van der Waals surface area contributed by atoms with Crippen molar-refractivity contribution in [3.63, 3.8) is 0 Å². The van der Waals surface area contributed by atoms with Crippen molar-refractivity contribution in [3.8, 4) is 0 Å². The van der Waals surface area contributed by atoms with Gasteiger partial charge in [-0.25, -0.2) is 4.79 Å². The molecule has 96 valence electrons. The van der Waals surface area contributed by atoms with E-state index in [-0.39, 0.29) is 6.61 Å². The van der Waals surface area contributed by atoms with Gasteiger partial charge in [-0.1, -0.05) is 0 Å². The van der Waals surface area contributed by atoms with E-state index in [9.17, 15) is 14.7 Å². The number of carboxylic acids is 1. The van der Waals surface area contributed by atoms with Crippen LogP contribution in [0.15, 0.2) is 0 Å². The second-order valence-corrected chi connectivity index (χ2v) is 4.31. The summed E-state index contributed by atoms with van der Waals surface area (Å²) in [6, 6.07) is 0. The first-order valence-electron chi connectivity index (χ1n) is 5.69. The number of methoxy groups -OCH3 is 1. The first-order chi connectivity index (χ1) is 8.13. The minimum Gasteiger partial charge on any atom is -0.481 e. The maximum absolute atomic E-state index is 11.9. The zero-order valence-corrected chi connectivity index (χ0v) is 9.68. The van der Waals surface area contributed by atoms with Crippen molar-refractivity contribution in [1.29, 1.82) is 0 Å². The largest absolute Gasteiger partial charge is 0.481 e. The number of carbonyl (C=O) groups is 2. The fraction of sp³-hybridized carbons (Fsp3) is 0.818. The van der Waals surface area contributed by atoms with Crippen LogP contribution in [0.5, 0.6) is 0 Å². The molecule has 0 aliphatic carbocycles. The number of esters is 1. The number of rotatable bonds is 3. The molecule has 1 N–H and O–H groups in total. The molecule has 0 aromatic rings. The quantitative estimate of drug-likeness (QED) is 0.714. The first kappa shape index (κ1) is 12.3. The van der Waals surface area contributed by atoms with E-state index < -0.39 is 29.6 Å². The monoisotopic (exact) mass is 244 g/mol. The molecular formula is C11H16O6. The van der Waals surface area contributed by atoms with E-state index in [2.05, 4.69) is 0 Å². The molecule has 2 aliphatic rings. The highest BCUT2D eigenvalue weighted by atomic mass is 16.6. The molecule has 0 spiro atoms. The van der Waals surface area contributed by atoms with Crippen molar-refractivity contribution in [2.75, 3.05) is 20.3 Å². The number of hydrogen-bond donors (Lipinski definition) is 1. The highest BCUT2D eigenvalue weighted by Crippen LogP contribution is 2.41. The van der Waals surface area contributed by atoms with Crippen LogP contribution < -0.4 is 0 Å². The normalized spacial score (nSPS) is 37.0. The van der Waals surface area contributed by atoms with E-state index in [1.807, 2.05) is 0 Å². The Balaban J connectivity index is 2.34. The maximum Gasteiger partial charge on any atom is 0.341 e. The van der Waals surface area contributed by atoms with Crippen molar-refractivity contribution < 1.29 is 28.9 Å². The van der Waals surface area contributed by atoms with Gasteiger partial charge in [0.05, 0.1) is 13.2 Å². The highest BCUT2D eigenvalue weighted by molar-refractivity contribution is 5.88. The zero-order chi connectivity index (χ0) is 12.5. The molecule has 2 heterocycles. The summed E-state index contributed by atoms with van der Waals surface area (Å²) >= 11 is 0. The average Bonchev–Trinajstić information content (AvgIpc) is 2.96. The fourth-order valence-electron chi connectivity index (χ4n) is 2.69. The van der Waals surface area contributed by atoms with Crippen molar-refractivity contribution in [2.24, 2.45) is 5.92 Å². The lowest BCUT2D eigenvalue weighted by molar-refractivity contribution is -0.190. The van der Waals surface area contributed by atoms with Crippen molar-refractivity contribution >= 4 is 11.9 Å². The number of aliphatic carboxylic acids is 1. The predicted molar refractivity (Wildman–Crippen MR) is 55.4 cm³/mol. The summed E-state index contributed by atoms with van der Waals surface area (Å²) in [4.78, 5) is 23.2. The third-order valence-electron chi connectivity index (χ3n) is 3.48. The molecule has 2 rings (SSSR count). The molecule has 17 heavy (non-hydrogen) atoms. The Labute approximate surface area is 98.8 Å². The van der Waals surface area contributed by atoms with Gasteiger partial charge in [-0.15, -0.1) is 0 Å². The molecule has 0 aromatic heterocycles. The Hall–Kier alpha value is -1.14. The van der Waals surface area contributed by atoms with E-state index in [1.54, 1.807) is 0 Å². The third kappa shape index (κ3) is 1.81. The maximum atomic E-state index is 11.9. The lowest BCUT2D eigenvalue weighted by Crippen LogP contribution is -2.56. The molecule has 2 fully saturated rings. The Morgan fingerprint density at radius 1 is 1.35 bits per heavy atom. The van der Waals surface area contributed by atoms with E-state index in [0.717, 1.165) is 6.42 Å². The van der Waals surface area contributed by atoms with Crippen molar-refractivity contribution in [2.45, 2.75) is 31.0 Å². The average molecular weight is 244 g/mol. The van der Waals surface area contributed by atoms with Gasteiger partial charge in [0.25, 0.3) is 0 Å². The van der Waals surface area contributed by atoms with E-state index in [1.165, 1.54) is 7.11 Å². The minimum absolute atomic E-state index is 0.242. The summed E-state index contributed by atoms with van der Waals surface area (Å²) in [6.45, 7) is 0.769. The van der Waals surface area contributed by atoms with Crippen LogP contribution in [-0.4, -0.2) is 49.1 Å². The van der Waals surface area contributed by atoms with Crippen LogP contribution in [0.3, 0.4) is 0 Å². The van der Waals surface area contributed by atoms with Gasteiger partial charge in [-0.3, -0.25) is 4.79 Å². The molecule has 2 saturated heterocycles. The number of hydrogen-bond acceptors (Lipinski definition) is 5. The van der Waals surface area contributed by atoms with Crippen molar-refractivity contribution in [1.82, 2.24) is 0 Å². The number of carbonyl (C=O) groups excluding carboxylic acids is 1. The zero-order valence-electron chi connectivity index (χ0n) is 9.68. The molecule has 6 nitrogen and oxygen atoms in total. The Morgan fingerprint density at radius 2 is 2.12 bits per heavy atom. The van der Waals surface area contributed by atoms with Crippen LogP contribution in [-0.2, 0) is 23.8 Å².